The Kier molecular flexibility index (Phi) is 5.58. The normalized spacial score (nSPS) is 20.5. The number of aryl methyl sites for hydroxylation is 1. The minimum Gasteiger partial charge on any atom is -0.496 e. The Morgan fingerprint density at radius 2 is 2.20 bits per heavy atom. The van der Waals surface area contributed by atoms with Gasteiger partial charge in [-0.15, -0.1) is 0 Å². The van der Waals surface area contributed by atoms with Crippen molar-refractivity contribution in [3.63, 3.8) is 0 Å². The van der Waals surface area contributed by atoms with Gasteiger partial charge in [0.05, 0.1) is 35.7 Å². The molecule has 1 saturated heterocycles. The quantitative estimate of drug-likeness (QED) is 0.733. The van der Waals surface area contributed by atoms with Gasteiger partial charge in [-0.1, -0.05) is 6.07 Å². The molecule has 30 heavy (non-hydrogen) atoms. The molecule has 8 heteroatoms. The zero-order valence-electron chi connectivity index (χ0n) is 16.8. The lowest BCUT2D eigenvalue weighted by molar-refractivity contribution is 0.0955. The smallest absolute Gasteiger partial charge is 0.258 e. The van der Waals surface area contributed by atoms with E-state index < -0.39 is 5.92 Å². The molecule has 0 amide bonds. The number of benzene rings is 1. The summed E-state index contributed by atoms with van der Waals surface area (Å²) in [7, 11) is 1.58. The summed E-state index contributed by atoms with van der Waals surface area (Å²) in [6.45, 7) is 3.05. The number of ether oxygens (including phenoxy) is 3. The number of allylic oxidation sites excluding steroid dienone is 1. The summed E-state index contributed by atoms with van der Waals surface area (Å²) < 4.78 is 19.2. The van der Waals surface area contributed by atoms with Crippen LogP contribution in [0.15, 0.2) is 45.0 Å². The topological polar surface area (TPSA) is 99.5 Å². The first kappa shape index (κ1) is 20.5. The second-order valence-electron chi connectivity index (χ2n) is 7.43. The van der Waals surface area contributed by atoms with Crippen LogP contribution in [0.4, 0.5) is 0 Å². The number of rotatable bonds is 4. The Labute approximate surface area is 182 Å². The molecule has 156 valence electrons. The Morgan fingerprint density at radius 1 is 1.40 bits per heavy atom. The molecule has 1 aromatic carbocycles. The van der Waals surface area contributed by atoms with Crippen LogP contribution in [-0.2, 0) is 11.3 Å². The molecular formula is C22H22BrN3O4. The summed E-state index contributed by atoms with van der Waals surface area (Å²) in [6.07, 6.45) is 1.92. The van der Waals surface area contributed by atoms with E-state index in [4.69, 9.17) is 19.9 Å². The summed E-state index contributed by atoms with van der Waals surface area (Å²) in [6, 6.07) is 9.40. The predicted octanol–water partition coefficient (Wildman–Crippen LogP) is 3.33. The molecule has 1 aromatic heterocycles. The summed E-state index contributed by atoms with van der Waals surface area (Å²) in [5.74, 6) is 0.415. The third-order valence-corrected chi connectivity index (χ3v) is 6.23. The molecule has 2 aliphatic heterocycles. The van der Waals surface area contributed by atoms with Crippen LogP contribution in [0.3, 0.4) is 0 Å². The molecule has 0 bridgehead atoms. The number of hydrogen-bond donors (Lipinski definition) is 1. The van der Waals surface area contributed by atoms with Gasteiger partial charge in [0.15, 0.2) is 0 Å². The minimum atomic E-state index is -0.634. The van der Waals surface area contributed by atoms with Crippen LogP contribution >= 0.6 is 15.9 Å². The van der Waals surface area contributed by atoms with E-state index >= 15 is 0 Å². The number of aromatic nitrogens is 1. The molecular weight excluding hydrogens is 450 g/mol. The van der Waals surface area contributed by atoms with E-state index in [1.54, 1.807) is 23.8 Å². The van der Waals surface area contributed by atoms with Crippen LogP contribution in [0.2, 0.25) is 0 Å². The number of nitriles is 1. The van der Waals surface area contributed by atoms with Gasteiger partial charge in [0.1, 0.15) is 23.1 Å². The van der Waals surface area contributed by atoms with Crippen LogP contribution in [-0.4, -0.2) is 24.4 Å². The number of halogens is 1. The lowest BCUT2D eigenvalue weighted by Crippen LogP contribution is -2.35. The molecule has 1 fully saturated rings. The Hall–Kier alpha value is -2.76. The summed E-state index contributed by atoms with van der Waals surface area (Å²) in [5.41, 5.74) is 7.99. The molecule has 2 aliphatic rings. The average Bonchev–Trinajstić information content (AvgIpc) is 3.23. The zero-order chi connectivity index (χ0) is 21.4. The van der Waals surface area contributed by atoms with Crippen molar-refractivity contribution in [1.82, 2.24) is 4.57 Å². The second kappa shape index (κ2) is 8.17. The van der Waals surface area contributed by atoms with Crippen LogP contribution in [0.25, 0.3) is 0 Å². The molecule has 0 aliphatic carbocycles. The van der Waals surface area contributed by atoms with Crippen molar-refractivity contribution >= 4 is 15.9 Å². The molecule has 0 unspecified atom stereocenters. The molecule has 0 radical (unpaired) electrons. The Balaban J connectivity index is 1.89. The van der Waals surface area contributed by atoms with Crippen molar-refractivity contribution in [3.05, 3.63) is 67.4 Å². The third kappa shape index (κ3) is 3.48. The molecule has 7 nitrogen and oxygen atoms in total. The number of methoxy groups -OCH3 is 1. The van der Waals surface area contributed by atoms with Gasteiger partial charge in [-0.2, -0.15) is 5.26 Å². The highest BCUT2D eigenvalue weighted by Crippen LogP contribution is 2.42. The van der Waals surface area contributed by atoms with E-state index in [0.717, 1.165) is 28.6 Å². The Bertz CT molecular complexity index is 1130. The number of fused-ring (bicyclic) bond motifs is 1. The van der Waals surface area contributed by atoms with Crippen LogP contribution < -0.4 is 20.8 Å². The van der Waals surface area contributed by atoms with E-state index in [1.165, 1.54) is 0 Å². The van der Waals surface area contributed by atoms with Crippen molar-refractivity contribution in [2.45, 2.75) is 38.3 Å². The van der Waals surface area contributed by atoms with E-state index in [2.05, 4.69) is 22.0 Å². The van der Waals surface area contributed by atoms with Crippen molar-refractivity contribution in [1.29, 1.82) is 5.26 Å². The lowest BCUT2D eigenvalue weighted by atomic mass is 9.84. The maximum Gasteiger partial charge on any atom is 0.258 e. The third-order valence-electron chi connectivity index (χ3n) is 5.61. The number of pyridine rings is 1. The maximum atomic E-state index is 13.6. The van der Waals surface area contributed by atoms with E-state index in [1.807, 2.05) is 19.1 Å². The van der Waals surface area contributed by atoms with E-state index in [9.17, 15) is 10.1 Å². The highest BCUT2D eigenvalue weighted by Gasteiger charge is 2.35. The first-order chi connectivity index (χ1) is 14.4. The van der Waals surface area contributed by atoms with Gasteiger partial charge >= 0.3 is 0 Å². The van der Waals surface area contributed by atoms with Gasteiger partial charge in [-0.3, -0.25) is 4.79 Å². The molecule has 2 N–H and O–H groups in total. The maximum absolute atomic E-state index is 13.6. The largest absolute Gasteiger partial charge is 0.496 e. The highest BCUT2D eigenvalue weighted by molar-refractivity contribution is 9.10. The van der Waals surface area contributed by atoms with Gasteiger partial charge in [-0.05, 0) is 53.4 Å². The monoisotopic (exact) mass is 471 g/mol. The van der Waals surface area contributed by atoms with Crippen molar-refractivity contribution in [2.24, 2.45) is 5.73 Å². The van der Waals surface area contributed by atoms with Crippen LogP contribution in [0.5, 0.6) is 11.5 Å². The molecule has 0 saturated carbocycles. The molecule has 0 spiro atoms. The van der Waals surface area contributed by atoms with Gasteiger partial charge in [0.2, 0.25) is 5.88 Å². The molecule has 2 aromatic rings. The summed E-state index contributed by atoms with van der Waals surface area (Å²) in [5, 5.41) is 9.80. The van der Waals surface area contributed by atoms with Crippen LogP contribution in [0.1, 0.15) is 35.6 Å². The fourth-order valence-electron chi connectivity index (χ4n) is 4.10. The molecule has 3 heterocycles. The van der Waals surface area contributed by atoms with Gasteiger partial charge in [-0.25, -0.2) is 0 Å². The first-order valence-electron chi connectivity index (χ1n) is 9.71. The fraction of sp³-hybridized carbons (Fsp3) is 0.364. The predicted molar refractivity (Wildman–Crippen MR) is 114 cm³/mol. The summed E-state index contributed by atoms with van der Waals surface area (Å²) in [4.78, 5) is 13.6. The fourth-order valence-corrected chi connectivity index (χ4v) is 4.66. The van der Waals surface area contributed by atoms with Crippen molar-refractivity contribution in [3.8, 4) is 17.6 Å². The van der Waals surface area contributed by atoms with Crippen molar-refractivity contribution in [2.75, 3.05) is 13.7 Å². The van der Waals surface area contributed by atoms with Gasteiger partial charge in [0.25, 0.3) is 5.56 Å². The second-order valence-corrected chi connectivity index (χ2v) is 8.29. The van der Waals surface area contributed by atoms with Gasteiger partial charge in [0, 0.05) is 18.4 Å². The number of nitrogens with two attached hydrogens (primary N) is 1. The lowest BCUT2D eigenvalue weighted by Gasteiger charge is -2.28. The highest BCUT2D eigenvalue weighted by atomic mass is 79.9. The van der Waals surface area contributed by atoms with Crippen molar-refractivity contribution < 1.29 is 14.2 Å². The minimum absolute atomic E-state index is 0.00795. The first-order valence-corrected chi connectivity index (χ1v) is 10.5. The van der Waals surface area contributed by atoms with E-state index in [0.29, 0.717) is 30.2 Å². The summed E-state index contributed by atoms with van der Waals surface area (Å²) >= 11 is 3.49. The zero-order valence-corrected chi connectivity index (χ0v) is 18.4. The van der Waals surface area contributed by atoms with Crippen LogP contribution in [0, 0.1) is 18.3 Å². The molecule has 2 atom stereocenters. The standard InChI is InChI=1S/C22H22BrN3O4/c1-12-8-18-20(22(27)26(12)11-14-4-3-7-29-14)19(15(10-24)21(25)30-18)13-5-6-17(28-2)16(23)9-13/h5-6,8-9,14,19H,3-4,7,11,25H2,1-2H3/t14-,19+/m0/s1. The molecule has 4 rings (SSSR count). The Morgan fingerprint density at radius 3 is 2.83 bits per heavy atom. The number of nitrogens with zero attached hydrogens (tertiary/aromatic N) is 2. The number of hydrogen-bond acceptors (Lipinski definition) is 6. The SMILES string of the molecule is COc1ccc([C@@H]2C(C#N)=C(N)Oc3cc(C)n(C[C@@H]4CCCO4)c(=O)c32)cc1Br. The average molecular weight is 472 g/mol. The van der Waals surface area contributed by atoms with Gasteiger partial charge < -0.3 is 24.5 Å². The van der Waals surface area contributed by atoms with E-state index in [-0.39, 0.29) is 23.1 Å².